The highest BCUT2D eigenvalue weighted by molar-refractivity contribution is 5.91. The number of carbonyl (C=O) groups excluding carboxylic acids is 1. The molecule has 0 spiro atoms. The van der Waals surface area contributed by atoms with Gasteiger partial charge in [0.05, 0.1) is 33.0 Å². The monoisotopic (exact) mass is 508 g/mol. The minimum absolute atomic E-state index is 0.124. The highest BCUT2D eigenvalue weighted by Crippen LogP contribution is 2.41. The number of methoxy groups -OCH3 is 4. The number of carbonyl (C=O) groups is 1. The highest BCUT2D eigenvalue weighted by atomic mass is 16.6. The van der Waals surface area contributed by atoms with Gasteiger partial charge in [-0.05, 0) is 54.9 Å². The quantitative estimate of drug-likeness (QED) is 0.431. The van der Waals surface area contributed by atoms with Crippen molar-refractivity contribution in [2.45, 2.75) is 31.5 Å². The van der Waals surface area contributed by atoms with E-state index in [-0.39, 0.29) is 12.2 Å². The number of fused-ring (bicyclic) bond motifs is 2. The van der Waals surface area contributed by atoms with Crippen LogP contribution in [0, 0.1) is 11.8 Å². The van der Waals surface area contributed by atoms with Gasteiger partial charge in [0.1, 0.15) is 6.10 Å². The average Bonchev–Trinajstić information content (AvgIpc) is 3.53. The maximum Gasteiger partial charge on any atom is 0.338 e. The molecular formula is C29H36N2O6. The molecule has 2 fully saturated rings. The van der Waals surface area contributed by atoms with Gasteiger partial charge in [-0.2, -0.15) is 0 Å². The fourth-order valence-electron chi connectivity index (χ4n) is 6.05. The molecule has 5 rings (SSSR count). The Morgan fingerprint density at radius 2 is 1.62 bits per heavy atom. The van der Waals surface area contributed by atoms with E-state index in [9.17, 15) is 4.79 Å². The van der Waals surface area contributed by atoms with E-state index in [2.05, 4.69) is 40.3 Å². The number of hydrogen-bond donors (Lipinski definition) is 1. The second-order valence-corrected chi connectivity index (χ2v) is 9.99. The molecule has 37 heavy (non-hydrogen) atoms. The summed E-state index contributed by atoms with van der Waals surface area (Å²) in [6.07, 6.45) is 4.40. The molecule has 1 N–H and O–H groups in total. The van der Waals surface area contributed by atoms with Gasteiger partial charge in [0.2, 0.25) is 5.75 Å². The molecule has 1 aliphatic heterocycles. The maximum absolute atomic E-state index is 13.2. The summed E-state index contributed by atoms with van der Waals surface area (Å²) < 4.78 is 28.0. The van der Waals surface area contributed by atoms with E-state index < -0.39 is 5.97 Å². The molecule has 4 atom stereocenters. The smallest absolute Gasteiger partial charge is 0.338 e. The molecule has 2 heterocycles. The van der Waals surface area contributed by atoms with Crippen LogP contribution in [0.5, 0.6) is 17.2 Å². The largest absolute Gasteiger partial charge is 0.493 e. The zero-order chi connectivity index (χ0) is 25.9. The van der Waals surface area contributed by atoms with E-state index in [1.54, 1.807) is 19.2 Å². The Morgan fingerprint density at radius 3 is 2.27 bits per heavy atom. The van der Waals surface area contributed by atoms with Crippen molar-refractivity contribution in [1.29, 1.82) is 0 Å². The standard InChI is InChI=1S/C29H36N2O6/c1-33-24-13-20-16-31(10-9-18-15-30-23-8-6-5-7-22(18)23)17-21(20)14-25(24)37-29(32)19-11-26(34-2)28(36-4)27(12-19)35-3/h5-8,11-12,15,20-21,24-25,30H,9-10,13-14,16-17H2,1-4H3/t20-,21-,24-,25-/m0/s1. The number of ether oxygens (including phenoxy) is 5. The molecule has 198 valence electrons. The number of esters is 1. The molecule has 2 aromatic carbocycles. The Hall–Kier alpha value is -3.23. The van der Waals surface area contributed by atoms with Gasteiger partial charge in [0, 0.05) is 43.8 Å². The van der Waals surface area contributed by atoms with E-state index in [4.69, 9.17) is 23.7 Å². The van der Waals surface area contributed by atoms with Crippen molar-refractivity contribution in [3.63, 3.8) is 0 Å². The Kier molecular flexibility index (Phi) is 7.58. The molecule has 1 aliphatic carbocycles. The Bertz CT molecular complexity index is 1220. The molecule has 8 heteroatoms. The second kappa shape index (κ2) is 11.0. The highest BCUT2D eigenvalue weighted by Gasteiger charge is 2.44. The van der Waals surface area contributed by atoms with Crippen LogP contribution in [0.3, 0.4) is 0 Å². The van der Waals surface area contributed by atoms with Crippen LogP contribution in [-0.4, -0.2) is 76.1 Å². The third kappa shape index (κ3) is 5.13. The molecule has 2 aliphatic rings. The molecular weight excluding hydrogens is 472 g/mol. The summed E-state index contributed by atoms with van der Waals surface area (Å²) in [4.78, 5) is 19.1. The van der Waals surface area contributed by atoms with Gasteiger partial charge in [0.25, 0.3) is 0 Å². The fourth-order valence-corrected chi connectivity index (χ4v) is 6.05. The van der Waals surface area contributed by atoms with E-state index in [1.165, 1.54) is 37.8 Å². The molecule has 0 unspecified atom stereocenters. The van der Waals surface area contributed by atoms with Crippen molar-refractivity contribution in [3.05, 3.63) is 53.7 Å². The van der Waals surface area contributed by atoms with Crippen molar-refractivity contribution < 1.29 is 28.5 Å². The van der Waals surface area contributed by atoms with Crippen molar-refractivity contribution in [1.82, 2.24) is 9.88 Å². The molecule has 0 amide bonds. The van der Waals surface area contributed by atoms with Crippen LogP contribution in [0.4, 0.5) is 0 Å². The summed E-state index contributed by atoms with van der Waals surface area (Å²) in [6.45, 7) is 3.09. The topological polar surface area (TPSA) is 82.3 Å². The molecule has 1 saturated heterocycles. The van der Waals surface area contributed by atoms with E-state index in [1.807, 2.05) is 0 Å². The Morgan fingerprint density at radius 1 is 0.946 bits per heavy atom. The van der Waals surface area contributed by atoms with E-state index in [0.717, 1.165) is 38.9 Å². The minimum atomic E-state index is -0.418. The molecule has 0 bridgehead atoms. The number of hydrogen-bond acceptors (Lipinski definition) is 7. The van der Waals surface area contributed by atoms with Crippen molar-refractivity contribution in [3.8, 4) is 17.2 Å². The molecule has 1 aromatic heterocycles. The first-order chi connectivity index (χ1) is 18.0. The molecule has 1 saturated carbocycles. The number of benzene rings is 2. The lowest BCUT2D eigenvalue weighted by molar-refractivity contribution is -0.0732. The van der Waals surface area contributed by atoms with Crippen molar-refractivity contribution in [2.75, 3.05) is 48.1 Å². The van der Waals surface area contributed by atoms with Gasteiger partial charge in [0.15, 0.2) is 11.5 Å². The number of para-hydroxylation sites is 1. The van der Waals surface area contributed by atoms with Crippen LogP contribution in [0.1, 0.15) is 28.8 Å². The van der Waals surface area contributed by atoms with Crippen LogP contribution >= 0.6 is 0 Å². The van der Waals surface area contributed by atoms with Crippen molar-refractivity contribution in [2.24, 2.45) is 11.8 Å². The lowest BCUT2D eigenvalue weighted by atomic mass is 9.78. The number of rotatable bonds is 9. The zero-order valence-corrected chi connectivity index (χ0v) is 22.0. The second-order valence-electron chi connectivity index (χ2n) is 9.99. The van der Waals surface area contributed by atoms with Crippen molar-refractivity contribution >= 4 is 16.9 Å². The van der Waals surface area contributed by atoms with Crippen LogP contribution in [0.25, 0.3) is 10.9 Å². The third-order valence-corrected chi connectivity index (χ3v) is 7.97. The lowest BCUT2D eigenvalue weighted by Gasteiger charge is -2.36. The number of likely N-dealkylation sites (tertiary alicyclic amines) is 1. The summed E-state index contributed by atoms with van der Waals surface area (Å²) in [7, 11) is 6.29. The van der Waals surface area contributed by atoms with Crippen LogP contribution in [-0.2, 0) is 15.9 Å². The number of aromatic amines is 1. The first-order valence-electron chi connectivity index (χ1n) is 12.9. The van der Waals surface area contributed by atoms with Gasteiger partial charge in [-0.3, -0.25) is 0 Å². The van der Waals surface area contributed by atoms with E-state index in [0.29, 0.717) is 34.6 Å². The predicted molar refractivity (Wildman–Crippen MR) is 141 cm³/mol. The summed E-state index contributed by atoms with van der Waals surface area (Å²) in [5.41, 5.74) is 2.91. The number of nitrogens with one attached hydrogen (secondary N) is 1. The fraction of sp³-hybridized carbons (Fsp3) is 0.483. The maximum atomic E-state index is 13.2. The van der Waals surface area contributed by atoms with Gasteiger partial charge in [-0.25, -0.2) is 4.79 Å². The third-order valence-electron chi connectivity index (χ3n) is 7.97. The van der Waals surface area contributed by atoms with Crippen LogP contribution in [0.15, 0.2) is 42.6 Å². The molecule has 0 radical (unpaired) electrons. The summed E-state index contributed by atoms with van der Waals surface area (Å²) >= 11 is 0. The van der Waals surface area contributed by atoms with Gasteiger partial charge in [-0.15, -0.1) is 0 Å². The summed E-state index contributed by atoms with van der Waals surface area (Å²) in [5, 5.41) is 1.30. The van der Waals surface area contributed by atoms with Gasteiger partial charge < -0.3 is 33.6 Å². The first kappa shape index (κ1) is 25.4. The molecule has 3 aromatic rings. The SMILES string of the molecule is COc1cc(C(=O)O[C@H]2C[C@H]3CN(CCc4c[nH]c5ccccc45)C[C@@H]3C[C@@H]2OC)cc(OC)c1OC. The summed E-state index contributed by atoms with van der Waals surface area (Å²) in [5.74, 6) is 1.88. The van der Waals surface area contributed by atoms with Gasteiger partial charge >= 0.3 is 5.97 Å². The number of nitrogens with zero attached hydrogens (tertiary/aromatic N) is 1. The number of H-pyrrole nitrogens is 1. The summed E-state index contributed by atoms with van der Waals surface area (Å²) in [6, 6.07) is 11.7. The van der Waals surface area contributed by atoms with Crippen LogP contribution < -0.4 is 14.2 Å². The Balaban J connectivity index is 1.23. The average molecular weight is 509 g/mol. The van der Waals surface area contributed by atoms with Gasteiger partial charge in [-0.1, -0.05) is 18.2 Å². The normalized spacial score (nSPS) is 23.6. The Labute approximate surface area is 217 Å². The zero-order valence-electron chi connectivity index (χ0n) is 22.0. The lowest BCUT2D eigenvalue weighted by Crippen LogP contribution is -2.42. The van der Waals surface area contributed by atoms with Crippen LogP contribution in [0.2, 0.25) is 0 Å². The first-order valence-corrected chi connectivity index (χ1v) is 12.9. The van der Waals surface area contributed by atoms with E-state index >= 15 is 0 Å². The minimum Gasteiger partial charge on any atom is -0.493 e. The molecule has 8 nitrogen and oxygen atoms in total. The predicted octanol–water partition coefficient (Wildman–Crippen LogP) is 4.32. The number of aromatic nitrogens is 1.